The summed E-state index contributed by atoms with van der Waals surface area (Å²) in [6.45, 7) is 4.99. The molecule has 3 amide bonds. The molecular weight excluding hydrogens is 411 g/mol. The first kappa shape index (κ1) is 20.8. The summed E-state index contributed by atoms with van der Waals surface area (Å²) < 4.78 is 0. The quantitative estimate of drug-likeness (QED) is 0.757. The molecule has 8 heteroatoms. The van der Waals surface area contributed by atoms with E-state index in [1.807, 2.05) is 23.1 Å². The minimum atomic E-state index is -0.00634. The third-order valence-electron chi connectivity index (χ3n) is 6.44. The maximum absolute atomic E-state index is 12.7. The van der Waals surface area contributed by atoms with Crippen LogP contribution in [0.15, 0.2) is 18.2 Å². The summed E-state index contributed by atoms with van der Waals surface area (Å²) >= 11 is 12.2. The number of nitrogens with zero attached hydrogens (tertiary/aromatic N) is 2. The van der Waals surface area contributed by atoms with E-state index < -0.39 is 0 Å². The first-order valence-corrected chi connectivity index (χ1v) is 11.2. The van der Waals surface area contributed by atoms with Crippen LogP contribution in [0.4, 0.5) is 4.79 Å². The van der Waals surface area contributed by atoms with E-state index in [9.17, 15) is 9.59 Å². The summed E-state index contributed by atoms with van der Waals surface area (Å²) in [6, 6.07) is 5.88. The molecule has 2 atom stereocenters. The average Bonchev–Trinajstić information content (AvgIpc) is 3.29. The molecule has 0 saturated carbocycles. The Hall–Kier alpha value is -1.50. The average molecular weight is 439 g/mol. The van der Waals surface area contributed by atoms with Gasteiger partial charge in [0.1, 0.15) is 0 Å². The Morgan fingerprint density at radius 2 is 2.07 bits per heavy atom. The van der Waals surface area contributed by atoms with Crippen molar-refractivity contribution in [3.63, 3.8) is 0 Å². The van der Waals surface area contributed by atoms with Crippen molar-refractivity contribution >= 4 is 35.1 Å². The van der Waals surface area contributed by atoms with E-state index in [1.165, 1.54) is 5.56 Å². The van der Waals surface area contributed by atoms with Gasteiger partial charge in [0.15, 0.2) is 0 Å². The van der Waals surface area contributed by atoms with Gasteiger partial charge in [0.25, 0.3) is 0 Å². The number of halogens is 2. The Bertz CT molecular complexity index is 790. The number of benzene rings is 1. The van der Waals surface area contributed by atoms with Crippen molar-refractivity contribution in [3.05, 3.63) is 33.8 Å². The SMILES string of the molecule is O=C1CC[C@@H](CNC(=O)N2CCCC3(CCN(Cc4ccc(Cl)c(Cl)c4)C3)C2)N1. The smallest absolute Gasteiger partial charge is 0.317 e. The Labute approximate surface area is 181 Å². The van der Waals surface area contributed by atoms with Crippen LogP contribution < -0.4 is 10.6 Å². The minimum absolute atomic E-state index is 0.00634. The Morgan fingerprint density at radius 1 is 1.21 bits per heavy atom. The van der Waals surface area contributed by atoms with Crippen molar-refractivity contribution in [1.82, 2.24) is 20.4 Å². The molecule has 6 nitrogen and oxygen atoms in total. The molecule has 0 radical (unpaired) electrons. The molecule has 3 fully saturated rings. The van der Waals surface area contributed by atoms with Crippen LogP contribution >= 0.6 is 23.2 Å². The van der Waals surface area contributed by atoms with Crippen LogP contribution in [0.2, 0.25) is 10.0 Å². The monoisotopic (exact) mass is 438 g/mol. The number of carbonyl (C=O) groups excluding carboxylic acids is 2. The van der Waals surface area contributed by atoms with E-state index in [-0.39, 0.29) is 23.4 Å². The summed E-state index contributed by atoms with van der Waals surface area (Å²) in [6.07, 6.45) is 4.66. The highest BCUT2D eigenvalue weighted by molar-refractivity contribution is 6.42. The van der Waals surface area contributed by atoms with Crippen molar-refractivity contribution in [2.75, 3.05) is 32.7 Å². The second kappa shape index (κ2) is 8.70. The van der Waals surface area contributed by atoms with Gasteiger partial charge < -0.3 is 15.5 Å². The van der Waals surface area contributed by atoms with Gasteiger partial charge in [-0.15, -0.1) is 0 Å². The zero-order valence-corrected chi connectivity index (χ0v) is 18.1. The molecule has 1 unspecified atom stereocenters. The summed E-state index contributed by atoms with van der Waals surface area (Å²) in [5, 5.41) is 7.09. The van der Waals surface area contributed by atoms with Gasteiger partial charge in [0.2, 0.25) is 5.91 Å². The molecule has 3 aliphatic rings. The van der Waals surface area contributed by atoms with Gasteiger partial charge in [-0.05, 0) is 49.9 Å². The molecule has 1 aromatic rings. The number of amides is 3. The lowest BCUT2D eigenvalue weighted by Gasteiger charge is -2.40. The summed E-state index contributed by atoms with van der Waals surface area (Å²) in [5.41, 5.74) is 1.34. The van der Waals surface area contributed by atoms with Crippen LogP contribution in [0.5, 0.6) is 0 Å². The predicted octanol–water partition coefficient (Wildman–Crippen LogP) is 3.27. The molecule has 3 heterocycles. The predicted molar refractivity (Wildman–Crippen MR) is 114 cm³/mol. The van der Waals surface area contributed by atoms with E-state index >= 15 is 0 Å². The molecule has 1 spiro atoms. The largest absolute Gasteiger partial charge is 0.352 e. The number of rotatable bonds is 4. The van der Waals surface area contributed by atoms with Crippen LogP contribution in [0.25, 0.3) is 0 Å². The third kappa shape index (κ3) is 4.98. The maximum Gasteiger partial charge on any atom is 0.317 e. The maximum atomic E-state index is 12.7. The third-order valence-corrected chi connectivity index (χ3v) is 7.18. The van der Waals surface area contributed by atoms with E-state index in [0.29, 0.717) is 23.0 Å². The van der Waals surface area contributed by atoms with Gasteiger partial charge in [-0.25, -0.2) is 4.79 Å². The first-order chi connectivity index (χ1) is 13.9. The lowest BCUT2D eigenvalue weighted by molar-refractivity contribution is -0.119. The molecule has 3 saturated heterocycles. The van der Waals surface area contributed by atoms with Gasteiger partial charge in [0, 0.05) is 50.6 Å². The van der Waals surface area contributed by atoms with E-state index in [2.05, 4.69) is 15.5 Å². The number of hydrogen-bond acceptors (Lipinski definition) is 3. The van der Waals surface area contributed by atoms with Gasteiger partial charge in [-0.3, -0.25) is 9.69 Å². The number of nitrogens with one attached hydrogen (secondary N) is 2. The number of carbonyl (C=O) groups is 2. The van der Waals surface area contributed by atoms with Crippen LogP contribution in [0.1, 0.15) is 37.7 Å². The molecule has 3 aliphatic heterocycles. The molecule has 29 heavy (non-hydrogen) atoms. The molecule has 158 valence electrons. The first-order valence-electron chi connectivity index (χ1n) is 10.4. The molecule has 0 aliphatic carbocycles. The van der Waals surface area contributed by atoms with Gasteiger partial charge >= 0.3 is 6.03 Å². The second-order valence-electron chi connectivity index (χ2n) is 8.72. The second-order valence-corrected chi connectivity index (χ2v) is 9.54. The highest BCUT2D eigenvalue weighted by Crippen LogP contribution is 2.39. The number of piperidine rings is 1. The molecule has 1 aromatic carbocycles. The molecular formula is C21H28Cl2N4O2. The topological polar surface area (TPSA) is 64.7 Å². The lowest BCUT2D eigenvalue weighted by atomic mass is 9.79. The molecule has 0 bridgehead atoms. The lowest BCUT2D eigenvalue weighted by Crippen LogP contribution is -2.52. The van der Waals surface area contributed by atoms with Crippen molar-refractivity contribution in [2.45, 2.75) is 44.7 Å². The highest BCUT2D eigenvalue weighted by atomic mass is 35.5. The highest BCUT2D eigenvalue weighted by Gasteiger charge is 2.42. The van der Waals surface area contributed by atoms with Gasteiger partial charge in [-0.2, -0.15) is 0 Å². The van der Waals surface area contributed by atoms with E-state index in [0.717, 1.165) is 58.4 Å². The zero-order chi connectivity index (χ0) is 20.4. The van der Waals surface area contributed by atoms with Gasteiger partial charge in [0.05, 0.1) is 10.0 Å². The Kier molecular flexibility index (Phi) is 6.23. The van der Waals surface area contributed by atoms with Crippen molar-refractivity contribution in [1.29, 1.82) is 0 Å². The summed E-state index contributed by atoms with van der Waals surface area (Å²) in [4.78, 5) is 28.4. The van der Waals surface area contributed by atoms with Gasteiger partial charge in [-0.1, -0.05) is 29.3 Å². The fourth-order valence-corrected chi connectivity index (χ4v) is 5.25. The van der Waals surface area contributed by atoms with Crippen molar-refractivity contribution in [2.24, 2.45) is 5.41 Å². The standard InChI is InChI=1S/C21H28Cl2N4O2/c22-17-4-2-15(10-18(17)23)12-26-9-7-21(13-26)6-1-8-27(14-21)20(29)24-11-16-3-5-19(28)25-16/h2,4,10,16H,1,3,5-9,11-14H2,(H,24,29)(H,25,28)/t16-,21?/m0/s1. The Balaban J connectivity index is 1.30. The number of hydrogen-bond donors (Lipinski definition) is 2. The molecule has 4 rings (SSSR count). The fourth-order valence-electron chi connectivity index (χ4n) is 4.93. The summed E-state index contributed by atoms with van der Waals surface area (Å²) in [5.74, 6) is 0.0780. The molecule has 2 N–H and O–H groups in total. The van der Waals surface area contributed by atoms with Crippen molar-refractivity contribution in [3.8, 4) is 0 Å². The number of likely N-dealkylation sites (tertiary alicyclic amines) is 2. The minimum Gasteiger partial charge on any atom is -0.352 e. The van der Waals surface area contributed by atoms with E-state index in [4.69, 9.17) is 23.2 Å². The van der Waals surface area contributed by atoms with Crippen LogP contribution in [0.3, 0.4) is 0 Å². The number of urea groups is 1. The molecule has 0 aromatic heterocycles. The Morgan fingerprint density at radius 3 is 2.83 bits per heavy atom. The van der Waals surface area contributed by atoms with Crippen molar-refractivity contribution < 1.29 is 9.59 Å². The van der Waals surface area contributed by atoms with Crippen LogP contribution in [0, 0.1) is 5.41 Å². The summed E-state index contributed by atoms with van der Waals surface area (Å²) in [7, 11) is 0. The van der Waals surface area contributed by atoms with E-state index in [1.54, 1.807) is 0 Å². The van der Waals surface area contributed by atoms with Crippen LogP contribution in [-0.4, -0.2) is 60.5 Å². The normalized spacial score (nSPS) is 27.4. The zero-order valence-electron chi connectivity index (χ0n) is 16.6. The van der Waals surface area contributed by atoms with Crippen LogP contribution in [-0.2, 0) is 11.3 Å². The fraction of sp³-hybridized carbons (Fsp3) is 0.619.